The number of ether oxygens (including phenoxy) is 2. The number of rotatable bonds is 10. The molecule has 0 saturated carbocycles. The standard InChI is InChI=1S/C23H28N2O6/c1-15(2)13-24-23(29)17-6-4-5-7-18(17)25-21(27)14-31-22(28)11-9-16-8-10-20(30-3)19(26)12-16/h4-8,10,12,15,26H,9,11,13-14H2,1-3H3,(H,24,29)(H,25,27). The van der Waals surface area contributed by atoms with Crippen LogP contribution in [0.4, 0.5) is 5.69 Å². The Morgan fingerprint density at radius 1 is 1.10 bits per heavy atom. The molecular formula is C23H28N2O6. The summed E-state index contributed by atoms with van der Waals surface area (Å²) in [6.45, 7) is 4.03. The molecule has 0 aromatic heterocycles. The molecule has 0 saturated heterocycles. The summed E-state index contributed by atoms with van der Waals surface area (Å²) in [6, 6.07) is 11.5. The third-order valence-electron chi connectivity index (χ3n) is 4.34. The molecule has 0 spiro atoms. The largest absolute Gasteiger partial charge is 0.504 e. The number of phenolic OH excluding ortho intramolecular Hbond substituents is 1. The number of para-hydroxylation sites is 1. The van der Waals surface area contributed by atoms with Crippen molar-refractivity contribution in [3.8, 4) is 11.5 Å². The van der Waals surface area contributed by atoms with Crippen molar-refractivity contribution in [3.63, 3.8) is 0 Å². The third-order valence-corrected chi connectivity index (χ3v) is 4.34. The third kappa shape index (κ3) is 7.65. The number of nitrogens with one attached hydrogen (secondary N) is 2. The van der Waals surface area contributed by atoms with Gasteiger partial charge >= 0.3 is 5.97 Å². The van der Waals surface area contributed by atoms with Gasteiger partial charge in [0, 0.05) is 13.0 Å². The summed E-state index contributed by atoms with van der Waals surface area (Å²) in [4.78, 5) is 36.5. The maximum atomic E-state index is 12.3. The number of carbonyl (C=O) groups is 3. The van der Waals surface area contributed by atoms with Crippen LogP contribution in [0, 0.1) is 5.92 Å². The van der Waals surface area contributed by atoms with Crippen LogP contribution in [-0.4, -0.2) is 43.2 Å². The van der Waals surface area contributed by atoms with Gasteiger partial charge in [-0.25, -0.2) is 0 Å². The molecule has 2 aromatic carbocycles. The van der Waals surface area contributed by atoms with Crippen LogP contribution in [0.15, 0.2) is 42.5 Å². The molecule has 2 amide bonds. The number of hydrogen-bond acceptors (Lipinski definition) is 6. The first-order valence-corrected chi connectivity index (χ1v) is 9.98. The van der Waals surface area contributed by atoms with Crippen molar-refractivity contribution in [2.75, 3.05) is 25.6 Å². The van der Waals surface area contributed by atoms with E-state index in [0.29, 0.717) is 35.9 Å². The van der Waals surface area contributed by atoms with Crippen LogP contribution in [0.5, 0.6) is 11.5 Å². The van der Waals surface area contributed by atoms with Crippen LogP contribution in [0.2, 0.25) is 0 Å². The zero-order valence-corrected chi connectivity index (χ0v) is 17.9. The Kier molecular flexibility index (Phi) is 8.87. The summed E-state index contributed by atoms with van der Waals surface area (Å²) in [5.41, 5.74) is 1.42. The Labute approximate surface area is 181 Å². The van der Waals surface area contributed by atoms with Crippen molar-refractivity contribution in [2.45, 2.75) is 26.7 Å². The Balaban J connectivity index is 1.83. The highest BCUT2D eigenvalue weighted by Gasteiger charge is 2.14. The van der Waals surface area contributed by atoms with E-state index in [9.17, 15) is 19.5 Å². The van der Waals surface area contributed by atoms with Crippen LogP contribution in [0.25, 0.3) is 0 Å². The molecule has 166 valence electrons. The highest BCUT2D eigenvalue weighted by molar-refractivity contribution is 6.04. The molecule has 8 nitrogen and oxygen atoms in total. The second-order valence-electron chi connectivity index (χ2n) is 7.36. The lowest BCUT2D eigenvalue weighted by Gasteiger charge is -2.12. The molecule has 3 N–H and O–H groups in total. The van der Waals surface area contributed by atoms with Crippen LogP contribution in [0.1, 0.15) is 36.2 Å². The van der Waals surface area contributed by atoms with Gasteiger partial charge in [-0.2, -0.15) is 0 Å². The molecular weight excluding hydrogens is 400 g/mol. The van der Waals surface area contributed by atoms with Crippen LogP contribution in [-0.2, 0) is 20.7 Å². The monoisotopic (exact) mass is 428 g/mol. The maximum Gasteiger partial charge on any atom is 0.306 e. The van der Waals surface area contributed by atoms with Gasteiger partial charge in [0.05, 0.1) is 18.4 Å². The highest BCUT2D eigenvalue weighted by atomic mass is 16.5. The van der Waals surface area contributed by atoms with Gasteiger partial charge in [0.15, 0.2) is 18.1 Å². The number of hydrogen-bond donors (Lipinski definition) is 3. The van der Waals surface area contributed by atoms with E-state index in [2.05, 4.69) is 10.6 Å². The molecule has 0 unspecified atom stereocenters. The number of carbonyl (C=O) groups excluding carboxylic acids is 3. The van der Waals surface area contributed by atoms with E-state index in [0.717, 1.165) is 5.56 Å². The van der Waals surface area contributed by atoms with E-state index in [4.69, 9.17) is 9.47 Å². The fourth-order valence-corrected chi connectivity index (χ4v) is 2.72. The number of methoxy groups -OCH3 is 1. The van der Waals surface area contributed by atoms with Crippen molar-refractivity contribution < 1.29 is 29.0 Å². The molecule has 2 aromatic rings. The molecule has 0 heterocycles. The van der Waals surface area contributed by atoms with E-state index in [1.54, 1.807) is 36.4 Å². The average Bonchev–Trinajstić information content (AvgIpc) is 2.75. The number of aromatic hydroxyl groups is 1. The fraction of sp³-hybridized carbons (Fsp3) is 0.348. The second-order valence-corrected chi connectivity index (χ2v) is 7.36. The molecule has 0 aliphatic rings. The van der Waals surface area contributed by atoms with Gasteiger partial charge < -0.3 is 25.2 Å². The predicted octanol–water partition coefficient (Wildman–Crippen LogP) is 2.90. The van der Waals surface area contributed by atoms with E-state index in [1.807, 2.05) is 13.8 Å². The zero-order chi connectivity index (χ0) is 22.8. The minimum Gasteiger partial charge on any atom is -0.504 e. The molecule has 0 atom stereocenters. The molecule has 8 heteroatoms. The number of benzene rings is 2. The van der Waals surface area contributed by atoms with Gasteiger partial charge in [0.25, 0.3) is 11.8 Å². The first-order valence-electron chi connectivity index (χ1n) is 9.98. The van der Waals surface area contributed by atoms with E-state index >= 15 is 0 Å². The SMILES string of the molecule is COc1ccc(CCC(=O)OCC(=O)Nc2ccccc2C(=O)NCC(C)C)cc1O. The van der Waals surface area contributed by atoms with Crippen LogP contribution in [0.3, 0.4) is 0 Å². The summed E-state index contributed by atoms with van der Waals surface area (Å²) in [5.74, 6) is -0.741. The molecule has 0 radical (unpaired) electrons. The topological polar surface area (TPSA) is 114 Å². The Morgan fingerprint density at radius 3 is 2.52 bits per heavy atom. The van der Waals surface area contributed by atoms with E-state index in [-0.39, 0.29) is 18.1 Å². The van der Waals surface area contributed by atoms with Gasteiger partial charge in [-0.3, -0.25) is 14.4 Å². The lowest BCUT2D eigenvalue weighted by atomic mass is 10.1. The summed E-state index contributed by atoms with van der Waals surface area (Å²) in [7, 11) is 1.45. The molecule has 31 heavy (non-hydrogen) atoms. The first kappa shape index (κ1) is 23.7. The summed E-state index contributed by atoms with van der Waals surface area (Å²) >= 11 is 0. The number of anilines is 1. The highest BCUT2D eigenvalue weighted by Crippen LogP contribution is 2.26. The fourth-order valence-electron chi connectivity index (χ4n) is 2.72. The molecule has 0 aliphatic carbocycles. The number of phenols is 1. The number of aryl methyl sites for hydroxylation is 1. The normalized spacial score (nSPS) is 10.5. The van der Waals surface area contributed by atoms with Gasteiger partial charge in [-0.05, 0) is 42.2 Å². The van der Waals surface area contributed by atoms with Crippen molar-refractivity contribution in [1.82, 2.24) is 5.32 Å². The minimum atomic E-state index is -0.548. The van der Waals surface area contributed by atoms with Crippen LogP contribution >= 0.6 is 0 Å². The van der Waals surface area contributed by atoms with Gasteiger partial charge in [-0.15, -0.1) is 0 Å². The van der Waals surface area contributed by atoms with Crippen molar-refractivity contribution in [1.29, 1.82) is 0 Å². The molecule has 0 fully saturated rings. The number of esters is 1. The Bertz CT molecular complexity index is 926. The summed E-state index contributed by atoms with van der Waals surface area (Å²) < 4.78 is 9.99. The van der Waals surface area contributed by atoms with Gasteiger partial charge in [0.2, 0.25) is 0 Å². The van der Waals surface area contributed by atoms with E-state index < -0.39 is 18.5 Å². The number of amides is 2. The Hall–Kier alpha value is -3.55. The second kappa shape index (κ2) is 11.6. The van der Waals surface area contributed by atoms with Crippen molar-refractivity contribution in [3.05, 3.63) is 53.6 Å². The molecule has 0 bridgehead atoms. The Morgan fingerprint density at radius 2 is 1.84 bits per heavy atom. The maximum absolute atomic E-state index is 12.3. The van der Waals surface area contributed by atoms with Crippen molar-refractivity contribution >= 4 is 23.5 Å². The van der Waals surface area contributed by atoms with Gasteiger partial charge in [0.1, 0.15) is 0 Å². The average molecular weight is 428 g/mol. The predicted molar refractivity (Wildman–Crippen MR) is 116 cm³/mol. The summed E-state index contributed by atoms with van der Waals surface area (Å²) in [5, 5.41) is 15.2. The zero-order valence-electron chi connectivity index (χ0n) is 17.9. The van der Waals surface area contributed by atoms with Crippen LogP contribution < -0.4 is 15.4 Å². The smallest absolute Gasteiger partial charge is 0.306 e. The molecule has 2 rings (SSSR count). The minimum absolute atomic E-state index is 0.0103. The quantitative estimate of drug-likeness (QED) is 0.502. The lowest BCUT2D eigenvalue weighted by molar-refractivity contribution is -0.147. The lowest BCUT2D eigenvalue weighted by Crippen LogP contribution is -2.29. The van der Waals surface area contributed by atoms with E-state index in [1.165, 1.54) is 13.2 Å². The van der Waals surface area contributed by atoms with Crippen molar-refractivity contribution in [2.24, 2.45) is 5.92 Å². The molecule has 0 aliphatic heterocycles. The summed E-state index contributed by atoms with van der Waals surface area (Å²) in [6.07, 6.45) is 0.393. The van der Waals surface area contributed by atoms with Gasteiger partial charge in [-0.1, -0.05) is 32.0 Å². The first-order chi connectivity index (χ1) is 14.8.